The fraction of sp³-hybridized carbons (Fsp3) is 0.381. The molecule has 0 radical (unpaired) electrons. The maximum atomic E-state index is 11.7. The highest BCUT2D eigenvalue weighted by Crippen LogP contribution is 2.29. The van der Waals surface area contributed by atoms with E-state index >= 15 is 0 Å². The van der Waals surface area contributed by atoms with Crippen molar-refractivity contribution in [3.8, 4) is 11.1 Å². The molecular formula is C21H26N2O3. The molecule has 0 saturated carbocycles. The van der Waals surface area contributed by atoms with Crippen LogP contribution in [-0.2, 0) is 0 Å². The van der Waals surface area contributed by atoms with Crippen LogP contribution in [0.2, 0.25) is 0 Å². The van der Waals surface area contributed by atoms with Gasteiger partial charge in [-0.25, -0.2) is 4.79 Å². The molecule has 0 aromatic heterocycles. The summed E-state index contributed by atoms with van der Waals surface area (Å²) in [5.41, 5.74) is 3.35. The number of β-amino-alcohol motifs (C(OH)–C–C–N with tert-alkyl or cyclic N) is 1. The zero-order chi connectivity index (χ0) is 18.7. The van der Waals surface area contributed by atoms with Gasteiger partial charge in [0.15, 0.2) is 0 Å². The molecule has 138 valence electrons. The summed E-state index contributed by atoms with van der Waals surface area (Å²) < 4.78 is 0. The van der Waals surface area contributed by atoms with Crippen LogP contribution in [-0.4, -0.2) is 65.8 Å². The molecule has 0 spiro atoms. The zero-order valence-corrected chi connectivity index (χ0v) is 15.4. The second kappa shape index (κ2) is 7.99. The zero-order valence-electron chi connectivity index (χ0n) is 15.4. The van der Waals surface area contributed by atoms with Crippen LogP contribution in [0.3, 0.4) is 0 Å². The molecule has 2 aromatic rings. The molecule has 2 aromatic carbocycles. The summed E-state index contributed by atoms with van der Waals surface area (Å²) in [5.74, 6) is -0.965. The monoisotopic (exact) mass is 354 g/mol. The molecule has 0 amide bonds. The van der Waals surface area contributed by atoms with E-state index in [1.54, 1.807) is 13.0 Å². The Morgan fingerprint density at radius 3 is 2.35 bits per heavy atom. The summed E-state index contributed by atoms with van der Waals surface area (Å²) in [6.45, 7) is 6.09. The van der Waals surface area contributed by atoms with Gasteiger partial charge in [0.25, 0.3) is 0 Å². The number of nitrogens with zero attached hydrogens (tertiary/aromatic N) is 2. The Balaban J connectivity index is 1.92. The molecule has 26 heavy (non-hydrogen) atoms. The van der Waals surface area contributed by atoms with Gasteiger partial charge in [0, 0.05) is 32.7 Å². The number of rotatable bonds is 5. The molecular weight excluding hydrogens is 328 g/mol. The largest absolute Gasteiger partial charge is 0.478 e. The van der Waals surface area contributed by atoms with Crippen LogP contribution in [0.1, 0.15) is 27.6 Å². The Hall–Kier alpha value is -2.21. The minimum absolute atomic E-state index is 0.249. The predicted molar refractivity (Wildman–Crippen MR) is 102 cm³/mol. The van der Waals surface area contributed by atoms with Gasteiger partial charge in [0.05, 0.1) is 11.7 Å². The molecule has 1 fully saturated rings. The lowest BCUT2D eigenvalue weighted by Crippen LogP contribution is -2.45. The fourth-order valence-electron chi connectivity index (χ4n) is 3.48. The van der Waals surface area contributed by atoms with Gasteiger partial charge in [-0.15, -0.1) is 0 Å². The third-order valence-corrected chi connectivity index (χ3v) is 5.17. The van der Waals surface area contributed by atoms with E-state index in [0.717, 1.165) is 37.3 Å². The molecule has 1 unspecified atom stereocenters. The molecule has 1 heterocycles. The number of benzene rings is 2. The Labute approximate surface area is 154 Å². The molecule has 5 nitrogen and oxygen atoms in total. The summed E-state index contributed by atoms with van der Waals surface area (Å²) in [6.07, 6.45) is -0.708. The lowest BCUT2D eigenvalue weighted by Gasteiger charge is -2.34. The Morgan fingerprint density at radius 2 is 1.73 bits per heavy atom. The topological polar surface area (TPSA) is 64.0 Å². The Morgan fingerprint density at radius 1 is 1.08 bits per heavy atom. The molecule has 1 saturated heterocycles. The van der Waals surface area contributed by atoms with Crippen molar-refractivity contribution in [3.63, 3.8) is 0 Å². The van der Waals surface area contributed by atoms with Crippen molar-refractivity contribution in [1.29, 1.82) is 0 Å². The van der Waals surface area contributed by atoms with Gasteiger partial charge in [-0.3, -0.25) is 4.90 Å². The van der Waals surface area contributed by atoms with E-state index in [1.807, 2.05) is 36.4 Å². The Bertz CT molecular complexity index is 768. The van der Waals surface area contributed by atoms with Crippen molar-refractivity contribution < 1.29 is 15.0 Å². The quantitative estimate of drug-likeness (QED) is 0.864. The van der Waals surface area contributed by atoms with E-state index in [-0.39, 0.29) is 5.56 Å². The van der Waals surface area contributed by atoms with Crippen molar-refractivity contribution in [2.24, 2.45) is 0 Å². The molecule has 5 heteroatoms. The van der Waals surface area contributed by atoms with Gasteiger partial charge >= 0.3 is 5.97 Å². The van der Waals surface area contributed by atoms with Gasteiger partial charge in [0.2, 0.25) is 0 Å². The second-order valence-electron chi connectivity index (χ2n) is 7.03. The number of likely N-dealkylation sites (N-methyl/N-ethyl adjacent to an activating group) is 1. The standard InChI is InChI=1S/C21H26N2O3/c1-15-18(20(24)14-23-10-8-22(2)9-11-23)12-17(13-19(15)21(25)26)16-6-4-3-5-7-16/h3-7,12-13,20,24H,8-11,14H2,1-2H3,(H,25,26). The molecule has 1 aliphatic heterocycles. The number of carbonyl (C=O) groups is 1. The molecule has 0 aliphatic carbocycles. The average Bonchev–Trinajstić information content (AvgIpc) is 2.64. The number of hydrogen-bond donors (Lipinski definition) is 2. The molecule has 1 aliphatic rings. The number of piperazine rings is 1. The minimum atomic E-state index is -0.965. The number of carboxylic acids is 1. The van der Waals surface area contributed by atoms with E-state index in [2.05, 4.69) is 16.8 Å². The van der Waals surface area contributed by atoms with Crippen molar-refractivity contribution in [2.75, 3.05) is 39.8 Å². The molecule has 0 bridgehead atoms. The highest BCUT2D eigenvalue weighted by Gasteiger charge is 2.22. The highest BCUT2D eigenvalue weighted by molar-refractivity contribution is 5.91. The number of hydrogen-bond acceptors (Lipinski definition) is 4. The van der Waals surface area contributed by atoms with Crippen LogP contribution >= 0.6 is 0 Å². The van der Waals surface area contributed by atoms with Crippen molar-refractivity contribution in [2.45, 2.75) is 13.0 Å². The first-order valence-corrected chi connectivity index (χ1v) is 8.98. The van der Waals surface area contributed by atoms with Crippen molar-refractivity contribution in [1.82, 2.24) is 9.80 Å². The van der Waals surface area contributed by atoms with Gasteiger partial charge in [-0.2, -0.15) is 0 Å². The number of aliphatic hydroxyl groups excluding tert-OH is 1. The number of aliphatic hydroxyl groups is 1. The Kier molecular flexibility index (Phi) is 5.71. The van der Waals surface area contributed by atoms with Gasteiger partial charge in [-0.1, -0.05) is 30.3 Å². The summed E-state index contributed by atoms with van der Waals surface area (Å²) >= 11 is 0. The minimum Gasteiger partial charge on any atom is -0.478 e. The lowest BCUT2D eigenvalue weighted by atomic mass is 9.92. The van der Waals surface area contributed by atoms with Crippen LogP contribution in [0.4, 0.5) is 0 Å². The number of carboxylic acid groups (broad SMARTS) is 1. The van der Waals surface area contributed by atoms with Crippen molar-refractivity contribution >= 4 is 5.97 Å². The van der Waals surface area contributed by atoms with Crippen LogP contribution in [0.15, 0.2) is 42.5 Å². The predicted octanol–water partition coefficient (Wildman–Crippen LogP) is 2.64. The SMILES string of the molecule is Cc1c(C(=O)O)cc(-c2ccccc2)cc1C(O)CN1CCN(C)CC1. The molecule has 3 rings (SSSR count). The first-order valence-electron chi connectivity index (χ1n) is 8.98. The van der Waals surface area contributed by atoms with Crippen LogP contribution in [0, 0.1) is 6.92 Å². The maximum Gasteiger partial charge on any atom is 0.335 e. The average molecular weight is 354 g/mol. The number of aromatic carboxylic acids is 1. The van der Waals surface area contributed by atoms with E-state index in [4.69, 9.17) is 0 Å². The second-order valence-corrected chi connectivity index (χ2v) is 7.03. The van der Waals surface area contributed by atoms with Crippen LogP contribution < -0.4 is 0 Å². The third-order valence-electron chi connectivity index (χ3n) is 5.17. The lowest BCUT2D eigenvalue weighted by molar-refractivity contribution is 0.0693. The normalized spacial score (nSPS) is 17.2. The first-order chi connectivity index (χ1) is 12.5. The molecule has 2 N–H and O–H groups in total. The first kappa shape index (κ1) is 18.6. The maximum absolute atomic E-state index is 11.7. The van der Waals surface area contributed by atoms with Gasteiger partial charge in [0.1, 0.15) is 0 Å². The summed E-state index contributed by atoms with van der Waals surface area (Å²) in [6, 6.07) is 13.3. The van der Waals surface area contributed by atoms with E-state index < -0.39 is 12.1 Å². The van der Waals surface area contributed by atoms with Gasteiger partial charge < -0.3 is 15.1 Å². The van der Waals surface area contributed by atoms with E-state index in [1.165, 1.54) is 0 Å². The smallest absolute Gasteiger partial charge is 0.335 e. The van der Waals surface area contributed by atoms with Crippen molar-refractivity contribution in [3.05, 3.63) is 59.2 Å². The third kappa shape index (κ3) is 4.12. The van der Waals surface area contributed by atoms with E-state index in [9.17, 15) is 15.0 Å². The summed E-state index contributed by atoms with van der Waals surface area (Å²) in [7, 11) is 2.10. The van der Waals surface area contributed by atoms with Gasteiger partial charge in [-0.05, 0) is 48.4 Å². The van der Waals surface area contributed by atoms with Crippen LogP contribution in [0.5, 0.6) is 0 Å². The van der Waals surface area contributed by atoms with Crippen LogP contribution in [0.25, 0.3) is 11.1 Å². The summed E-state index contributed by atoms with van der Waals surface area (Å²) in [5, 5.41) is 20.4. The van der Waals surface area contributed by atoms with E-state index in [0.29, 0.717) is 17.7 Å². The molecule has 1 atom stereocenters. The fourth-order valence-corrected chi connectivity index (χ4v) is 3.48. The summed E-state index contributed by atoms with van der Waals surface area (Å²) in [4.78, 5) is 16.2. The highest BCUT2D eigenvalue weighted by atomic mass is 16.4.